The molecule has 230 valence electrons. The van der Waals surface area contributed by atoms with Crippen LogP contribution in [0.4, 0.5) is 11.9 Å². The van der Waals surface area contributed by atoms with E-state index in [1.807, 2.05) is 0 Å². The van der Waals surface area contributed by atoms with Crippen LogP contribution >= 0.6 is 7.82 Å². The van der Waals surface area contributed by atoms with Gasteiger partial charge in [-0.3, -0.25) is 28.0 Å². The average molecular weight is 617 g/mol. The summed E-state index contributed by atoms with van der Waals surface area (Å²) in [6.45, 7) is -1.35. The maximum atomic E-state index is 13.0. The molecule has 2 aliphatic heterocycles. The summed E-state index contributed by atoms with van der Waals surface area (Å²) in [5, 5.41) is 20.6. The van der Waals surface area contributed by atoms with Crippen molar-refractivity contribution in [1.29, 1.82) is 0 Å². The van der Waals surface area contributed by atoms with Gasteiger partial charge in [-0.15, -0.1) is 0 Å². The predicted octanol–water partition coefficient (Wildman–Crippen LogP) is -3.38. The molecule has 0 bridgehead atoms. The van der Waals surface area contributed by atoms with Crippen LogP contribution in [-0.4, -0.2) is 113 Å². The van der Waals surface area contributed by atoms with Crippen LogP contribution in [0.5, 0.6) is 0 Å². The number of fused-ring (bicyclic) bond motifs is 1. The summed E-state index contributed by atoms with van der Waals surface area (Å²) in [5.41, 5.74) is 9.61. The van der Waals surface area contributed by atoms with E-state index in [9.17, 15) is 29.3 Å². The Kier molecular flexibility index (Phi) is 8.40. The highest BCUT2D eigenvalue weighted by molar-refractivity contribution is 7.47. The number of hydrogen-bond donors (Lipinski definition) is 6. The first kappa shape index (κ1) is 30.1. The number of aromatic amines is 1. The van der Waals surface area contributed by atoms with Gasteiger partial charge in [-0.2, -0.15) is 9.97 Å². The van der Waals surface area contributed by atoms with Crippen LogP contribution < -0.4 is 22.7 Å². The molecule has 22 heteroatoms. The molecule has 0 aliphatic carbocycles. The van der Waals surface area contributed by atoms with Crippen molar-refractivity contribution in [2.75, 3.05) is 38.9 Å². The summed E-state index contributed by atoms with van der Waals surface area (Å²) in [5.74, 6) is -0.463. The number of ether oxygens (including phenoxy) is 4. The fourth-order valence-electron chi connectivity index (χ4n) is 4.80. The first-order valence-corrected chi connectivity index (χ1v) is 13.7. The molecule has 5 heterocycles. The number of methoxy groups -OCH3 is 2. The van der Waals surface area contributed by atoms with E-state index in [2.05, 4.69) is 24.9 Å². The zero-order chi connectivity index (χ0) is 30.3. The molecule has 3 aromatic rings. The highest BCUT2D eigenvalue weighted by Gasteiger charge is 2.51. The number of rotatable bonds is 10. The Labute approximate surface area is 234 Å². The maximum absolute atomic E-state index is 13.0. The Morgan fingerprint density at radius 3 is 2.36 bits per heavy atom. The SMILES string of the molecule is CO[C@@H]1[C@H](O)[C@@H](COP(=O)(O)O[C@H]2[C@@H](OC)[C@H](n3cnc4c(=O)[nH]c(N)nc43)O[C@@H]2CO)O[C@H]1n1cnc(N)nc1=O. The summed E-state index contributed by atoms with van der Waals surface area (Å²) < 4.78 is 47.9. The molecule has 8 N–H and O–H groups in total. The van der Waals surface area contributed by atoms with Gasteiger partial charge in [0.2, 0.25) is 11.9 Å². The van der Waals surface area contributed by atoms with Crippen LogP contribution in [0.1, 0.15) is 12.5 Å². The van der Waals surface area contributed by atoms with Gasteiger partial charge >= 0.3 is 13.5 Å². The van der Waals surface area contributed by atoms with Crippen molar-refractivity contribution in [2.45, 2.75) is 49.1 Å². The summed E-state index contributed by atoms with van der Waals surface area (Å²) >= 11 is 0. The molecule has 1 unspecified atom stereocenters. The zero-order valence-electron chi connectivity index (χ0n) is 22.0. The Morgan fingerprint density at radius 2 is 1.69 bits per heavy atom. The Bertz CT molecular complexity index is 1600. The molecule has 9 atom stereocenters. The van der Waals surface area contributed by atoms with E-state index < -0.39 is 81.4 Å². The minimum absolute atomic E-state index is 0.0318. The number of nitrogen functional groups attached to an aromatic ring is 2. The number of hydrogen-bond acceptors (Lipinski definition) is 17. The molecule has 42 heavy (non-hydrogen) atoms. The maximum Gasteiger partial charge on any atom is 0.472 e. The van der Waals surface area contributed by atoms with Crippen LogP contribution in [0.3, 0.4) is 0 Å². The number of phosphoric acid groups is 1. The second-order valence-corrected chi connectivity index (χ2v) is 10.6. The number of imidazole rings is 1. The number of aromatic nitrogens is 7. The molecule has 0 amide bonds. The van der Waals surface area contributed by atoms with Crippen LogP contribution in [0.15, 0.2) is 22.2 Å². The Balaban J connectivity index is 1.31. The van der Waals surface area contributed by atoms with Gasteiger partial charge in [-0.1, -0.05) is 0 Å². The van der Waals surface area contributed by atoms with Crippen molar-refractivity contribution in [3.63, 3.8) is 0 Å². The van der Waals surface area contributed by atoms with E-state index in [4.69, 9.17) is 39.5 Å². The first-order chi connectivity index (χ1) is 20.0. The Morgan fingerprint density at radius 1 is 1.02 bits per heavy atom. The second-order valence-electron chi connectivity index (χ2n) is 9.22. The fourth-order valence-corrected chi connectivity index (χ4v) is 5.76. The van der Waals surface area contributed by atoms with Crippen molar-refractivity contribution in [3.8, 4) is 0 Å². The molecular weight excluding hydrogens is 589 g/mol. The summed E-state index contributed by atoms with van der Waals surface area (Å²) in [4.78, 5) is 52.6. The molecule has 0 radical (unpaired) electrons. The van der Waals surface area contributed by atoms with E-state index >= 15 is 0 Å². The van der Waals surface area contributed by atoms with Crippen molar-refractivity contribution < 1.29 is 47.7 Å². The fraction of sp³-hybridized carbons (Fsp3) is 0.600. The molecule has 2 fully saturated rings. The quantitative estimate of drug-likeness (QED) is 0.121. The van der Waals surface area contributed by atoms with Crippen molar-refractivity contribution in [1.82, 2.24) is 34.1 Å². The molecule has 3 aromatic heterocycles. The predicted molar refractivity (Wildman–Crippen MR) is 136 cm³/mol. The molecule has 0 spiro atoms. The summed E-state index contributed by atoms with van der Waals surface area (Å²) in [6, 6.07) is 0. The monoisotopic (exact) mass is 617 g/mol. The highest BCUT2D eigenvalue weighted by Crippen LogP contribution is 2.49. The van der Waals surface area contributed by atoms with Gasteiger partial charge in [-0.25, -0.2) is 19.3 Å². The summed E-state index contributed by atoms with van der Waals surface area (Å²) in [7, 11) is -2.42. The Hall–Kier alpha value is -3.37. The van der Waals surface area contributed by atoms with Crippen LogP contribution in [0.25, 0.3) is 11.2 Å². The molecule has 2 aliphatic rings. The number of nitrogens with zero attached hydrogens (tertiary/aromatic N) is 6. The number of phosphoric ester groups is 1. The van der Waals surface area contributed by atoms with Crippen molar-refractivity contribution in [3.05, 3.63) is 33.5 Å². The average Bonchev–Trinajstić information content (AvgIpc) is 3.60. The molecule has 21 nitrogen and oxygen atoms in total. The van der Waals surface area contributed by atoms with Crippen LogP contribution in [0.2, 0.25) is 0 Å². The van der Waals surface area contributed by atoms with Gasteiger partial charge in [0.15, 0.2) is 23.6 Å². The number of anilines is 2. The molecule has 5 rings (SSSR count). The molecule has 2 saturated heterocycles. The number of aliphatic hydroxyl groups excluding tert-OH is 2. The summed E-state index contributed by atoms with van der Waals surface area (Å²) in [6.07, 6.45) is -7.57. The van der Waals surface area contributed by atoms with Crippen LogP contribution in [-0.2, 0) is 32.6 Å². The first-order valence-electron chi connectivity index (χ1n) is 12.2. The largest absolute Gasteiger partial charge is 0.472 e. The lowest BCUT2D eigenvalue weighted by Gasteiger charge is -2.25. The molecular formula is C20H28N9O12P. The van der Waals surface area contributed by atoms with Gasteiger partial charge < -0.3 is 45.5 Å². The van der Waals surface area contributed by atoms with E-state index in [1.54, 1.807) is 0 Å². The zero-order valence-corrected chi connectivity index (χ0v) is 22.9. The van der Waals surface area contributed by atoms with Crippen LogP contribution in [0, 0.1) is 0 Å². The third-order valence-corrected chi connectivity index (χ3v) is 7.71. The third kappa shape index (κ3) is 5.54. The minimum atomic E-state index is -4.95. The number of nitrogens with one attached hydrogen (secondary N) is 1. The van der Waals surface area contributed by atoms with Crippen molar-refractivity contribution >= 4 is 30.9 Å². The topological polar surface area (TPSA) is 297 Å². The molecule has 0 aromatic carbocycles. The lowest BCUT2D eigenvalue weighted by atomic mass is 10.1. The van der Waals surface area contributed by atoms with E-state index in [0.29, 0.717) is 0 Å². The van der Waals surface area contributed by atoms with Gasteiger partial charge in [-0.05, 0) is 0 Å². The van der Waals surface area contributed by atoms with E-state index in [1.165, 1.54) is 25.1 Å². The number of nitrogens with two attached hydrogens (primary N) is 2. The smallest absolute Gasteiger partial charge is 0.394 e. The van der Waals surface area contributed by atoms with E-state index in [-0.39, 0.29) is 23.1 Å². The van der Waals surface area contributed by atoms with E-state index in [0.717, 1.165) is 10.9 Å². The van der Waals surface area contributed by atoms with Gasteiger partial charge in [0.1, 0.15) is 43.0 Å². The minimum Gasteiger partial charge on any atom is -0.394 e. The standard InChI is InChI=1S/C20H28N9O12P/c1-36-12-10(31)8(40-16(12)29-6-24-18(21)27-20(29)33)4-38-42(34,35)41-11-7(3-30)39-17(13(11)37-2)28-5-23-9-14(28)25-19(22)26-15(9)32/h5-8,10-13,16-17,30-31H,3-4H2,1-2H3,(H,34,35)(H2,21,27,33)(H3,22,25,26,32)/t7-,8-,10-,11-,12-,13-,16-,17-/m1/s1. The number of aliphatic hydroxyl groups is 2. The number of H-pyrrole nitrogens is 1. The lowest BCUT2D eigenvalue weighted by Crippen LogP contribution is -2.38. The van der Waals surface area contributed by atoms with Gasteiger partial charge in [0.05, 0.1) is 19.5 Å². The van der Waals surface area contributed by atoms with Gasteiger partial charge in [0.25, 0.3) is 5.56 Å². The normalized spacial score (nSPS) is 31.1. The second kappa shape index (κ2) is 11.7. The highest BCUT2D eigenvalue weighted by atomic mass is 31.2. The third-order valence-electron chi connectivity index (χ3n) is 6.72. The lowest BCUT2D eigenvalue weighted by molar-refractivity contribution is -0.0665. The van der Waals surface area contributed by atoms with Crippen molar-refractivity contribution in [2.24, 2.45) is 0 Å². The molecule has 0 saturated carbocycles. The van der Waals surface area contributed by atoms with Gasteiger partial charge in [0, 0.05) is 14.2 Å².